The molecule has 1 aromatic rings. The molecular weight excluding hydrogens is 280 g/mol. The van der Waals surface area contributed by atoms with Crippen molar-refractivity contribution in [1.29, 1.82) is 0 Å². The fraction of sp³-hybridized carbons (Fsp3) is 0.571. The van der Waals surface area contributed by atoms with E-state index >= 15 is 0 Å². The number of carbonyl (C=O) groups excluding carboxylic acids is 1. The maximum absolute atomic E-state index is 11.3. The third kappa shape index (κ3) is 6.21. The van der Waals surface area contributed by atoms with Gasteiger partial charge in [-0.25, -0.2) is 9.78 Å². The smallest absolute Gasteiger partial charge is 0.407 e. The second kappa shape index (κ2) is 8.07. The SMILES string of the molecule is O=C(NCC1CC1)OCCCOCc1ccc(Cl)nc1. The number of ether oxygens (including phenoxy) is 2. The molecule has 0 radical (unpaired) electrons. The predicted molar refractivity (Wildman–Crippen MR) is 75.6 cm³/mol. The van der Waals surface area contributed by atoms with Crippen LogP contribution in [0.5, 0.6) is 0 Å². The molecule has 0 aliphatic heterocycles. The lowest BCUT2D eigenvalue weighted by molar-refractivity contribution is 0.0920. The summed E-state index contributed by atoms with van der Waals surface area (Å²) in [4.78, 5) is 15.2. The molecule has 1 aliphatic rings. The molecule has 110 valence electrons. The van der Waals surface area contributed by atoms with Gasteiger partial charge in [-0.3, -0.25) is 0 Å². The van der Waals surface area contributed by atoms with Crippen LogP contribution in [0.25, 0.3) is 0 Å². The normalized spacial score (nSPS) is 14.1. The number of amides is 1. The zero-order valence-corrected chi connectivity index (χ0v) is 12.1. The molecule has 1 N–H and O–H groups in total. The van der Waals surface area contributed by atoms with Gasteiger partial charge >= 0.3 is 6.09 Å². The number of pyridine rings is 1. The van der Waals surface area contributed by atoms with Gasteiger partial charge in [-0.05, 0) is 30.4 Å². The molecule has 5 nitrogen and oxygen atoms in total. The Balaban J connectivity index is 1.44. The first-order valence-corrected chi connectivity index (χ1v) is 7.20. The number of hydrogen-bond donors (Lipinski definition) is 1. The van der Waals surface area contributed by atoms with E-state index in [-0.39, 0.29) is 6.09 Å². The largest absolute Gasteiger partial charge is 0.449 e. The van der Waals surface area contributed by atoms with Gasteiger partial charge in [-0.1, -0.05) is 17.7 Å². The van der Waals surface area contributed by atoms with Gasteiger partial charge in [0.2, 0.25) is 0 Å². The second-order valence-corrected chi connectivity index (χ2v) is 5.24. The molecule has 0 spiro atoms. The minimum atomic E-state index is -0.334. The Labute approximate surface area is 123 Å². The lowest BCUT2D eigenvalue weighted by Gasteiger charge is -2.07. The van der Waals surface area contributed by atoms with Gasteiger partial charge in [-0.15, -0.1) is 0 Å². The summed E-state index contributed by atoms with van der Waals surface area (Å²) in [6.07, 6.45) is 4.46. The topological polar surface area (TPSA) is 60.5 Å². The number of nitrogens with zero attached hydrogens (tertiary/aromatic N) is 1. The molecule has 0 saturated heterocycles. The van der Waals surface area contributed by atoms with Crippen LogP contribution in [0.1, 0.15) is 24.8 Å². The van der Waals surface area contributed by atoms with Crippen molar-refractivity contribution < 1.29 is 14.3 Å². The first-order chi connectivity index (χ1) is 9.74. The Morgan fingerprint density at radius 2 is 2.25 bits per heavy atom. The van der Waals surface area contributed by atoms with E-state index in [1.807, 2.05) is 6.07 Å². The van der Waals surface area contributed by atoms with Crippen molar-refractivity contribution in [2.45, 2.75) is 25.9 Å². The fourth-order valence-electron chi connectivity index (χ4n) is 1.61. The number of hydrogen-bond acceptors (Lipinski definition) is 4. The van der Waals surface area contributed by atoms with Gasteiger partial charge in [0.1, 0.15) is 5.15 Å². The zero-order valence-electron chi connectivity index (χ0n) is 11.3. The number of aromatic nitrogens is 1. The van der Waals surface area contributed by atoms with E-state index in [9.17, 15) is 4.79 Å². The molecule has 1 fully saturated rings. The lowest BCUT2D eigenvalue weighted by Crippen LogP contribution is -2.26. The van der Waals surface area contributed by atoms with Crippen LogP contribution in [-0.4, -0.2) is 30.8 Å². The highest BCUT2D eigenvalue weighted by molar-refractivity contribution is 6.29. The average Bonchev–Trinajstić information content (AvgIpc) is 3.26. The zero-order chi connectivity index (χ0) is 14.2. The predicted octanol–water partition coefficient (Wildman–Crippen LogP) is 2.78. The summed E-state index contributed by atoms with van der Waals surface area (Å²) in [7, 11) is 0. The van der Waals surface area contributed by atoms with E-state index in [2.05, 4.69) is 10.3 Å². The summed E-state index contributed by atoms with van der Waals surface area (Å²) in [5.41, 5.74) is 0.970. The summed E-state index contributed by atoms with van der Waals surface area (Å²) in [6, 6.07) is 3.60. The molecule has 0 bridgehead atoms. The van der Waals surface area contributed by atoms with Crippen molar-refractivity contribution in [1.82, 2.24) is 10.3 Å². The molecule has 1 heterocycles. The molecule has 1 aliphatic carbocycles. The molecule has 0 atom stereocenters. The van der Waals surface area contributed by atoms with Crippen LogP contribution < -0.4 is 5.32 Å². The number of nitrogens with one attached hydrogen (secondary N) is 1. The molecule has 0 aromatic carbocycles. The monoisotopic (exact) mass is 298 g/mol. The van der Waals surface area contributed by atoms with Crippen LogP contribution in [0.15, 0.2) is 18.3 Å². The van der Waals surface area contributed by atoms with Gasteiger partial charge < -0.3 is 14.8 Å². The van der Waals surface area contributed by atoms with E-state index in [1.165, 1.54) is 12.8 Å². The van der Waals surface area contributed by atoms with Gasteiger partial charge in [0.25, 0.3) is 0 Å². The summed E-state index contributed by atoms with van der Waals surface area (Å²) in [5.74, 6) is 0.666. The number of halogens is 1. The van der Waals surface area contributed by atoms with Crippen molar-refractivity contribution in [2.24, 2.45) is 5.92 Å². The van der Waals surface area contributed by atoms with E-state index in [4.69, 9.17) is 21.1 Å². The van der Waals surface area contributed by atoms with Gasteiger partial charge in [0.05, 0.1) is 19.8 Å². The van der Waals surface area contributed by atoms with Crippen molar-refractivity contribution in [2.75, 3.05) is 19.8 Å². The second-order valence-electron chi connectivity index (χ2n) is 4.86. The molecular formula is C14H19ClN2O3. The Bertz CT molecular complexity index is 421. The molecule has 6 heteroatoms. The first-order valence-electron chi connectivity index (χ1n) is 6.83. The van der Waals surface area contributed by atoms with Gasteiger partial charge in [0, 0.05) is 19.2 Å². The minimum Gasteiger partial charge on any atom is -0.449 e. The summed E-state index contributed by atoms with van der Waals surface area (Å²) in [6.45, 7) is 2.13. The van der Waals surface area contributed by atoms with Gasteiger partial charge in [0.15, 0.2) is 0 Å². The minimum absolute atomic E-state index is 0.334. The van der Waals surface area contributed by atoms with E-state index in [1.54, 1.807) is 12.3 Å². The Morgan fingerprint density at radius 1 is 1.40 bits per heavy atom. The van der Waals surface area contributed by atoms with Crippen molar-refractivity contribution in [3.05, 3.63) is 29.0 Å². The Kier molecular flexibility index (Phi) is 6.08. The van der Waals surface area contributed by atoms with Crippen molar-refractivity contribution in [3.63, 3.8) is 0 Å². The quantitative estimate of drug-likeness (QED) is 0.592. The van der Waals surface area contributed by atoms with Crippen LogP contribution in [0, 0.1) is 5.92 Å². The van der Waals surface area contributed by atoms with Crippen LogP contribution >= 0.6 is 11.6 Å². The number of rotatable bonds is 8. The molecule has 0 unspecified atom stereocenters. The van der Waals surface area contributed by atoms with Gasteiger partial charge in [-0.2, -0.15) is 0 Å². The van der Waals surface area contributed by atoms with Crippen molar-refractivity contribution in [3.8, 4) is 0 Å². The summed E-state index contributed by atoms with van der Waals surface area (Å²) < 4.78 is 10.5. The fourth-order valence-corrected chi connectivity index (χ4v) is 1.72. The maximum atomic E-state index is 11.3. The molecule has 1 aromatic heterocycles. The third-order valence-corrected chi connectivity index (χ3v) is 3.18. The maximum Gasteiger partial charge on any atom is 0.407 e. The van der Waals surface area contributed by atoms with E-state index in [0.29, 0.717) is 37.3 Å². The summed E-state index contributed by atoms with van der Waals surface area (Å²) in [5, 5.41) is 3.22. The standard InChI is InChI=1S/C14H19ClN2O3/c15-13-5-4-12(9-16-13)10-19-6-1-7-20-14(18)17-8-11-2-3-11/h4-5,9,11H,1-3,6-8,10H2,(H,17,18). The number of alkyl carbamates (subject to hydrolysis) is 1. The molecule has 2 rings (SSSR count). The highest BCUT2D eigenvalue weighted by Crippen LogP contribution is 2.27. The first kappa shape index (κ1) is 15.1. The van der Waals surface area contributed by atoms with Crippen LogP contribution in [-0.2, 0) is 16.1 Å². The average molecular weight is 299 g/mol. The highest BCUT2D eigenvalue weighted by Gasteiger charge is 2.21. The lowest BCUT2D eigenvalue weighted by atomic mass is 10.3. The Morgan fingerprint density at radius 3 is 2.95 bits per heavy atom. The molecule has 1 saturated carbocycles. The van der Waals surface area contributed by atoms with E-state index in [0.717, 1.165) is 12.1 Å². The highest BCUT2D eigenvalue weighted by atomic mass is 35.5. The van der Waals surface area contributed by atoms with E-state index < -0.39 is 0 Å². The molecule has 20 heavy (non-hydrogen) atoms. The van der Waals surface area contributed by atoms with Crippen LogP contribution in [0.3, 0.4) is 0 Å². The number of carbonyl (C=O) groups is 1. The summed E-state index contributed by atoms with van der Waals surface area (Å²) >= 11 is 5.69. The van der Waals surface area contributed by atoms with Crippen LogP contribution in [0.2, 0.25) is 5.15 Å². The molecule has 1 amide bonds. The third-order valence-electron chi connectivity index (χ3n) is 2.96. The van der Waals surface area contributed by atoms with Crippen molar-refractivity contribution >= 4 is 17.7 Å². The van der Waals surface area contributed by atoms with Crippen LogP contribution in [0.4, 0.5) is 4.79 Å². The Hall–Kier alpha value is -1.33.